The minimum Gasteiger partial charge on any atom is -0.390 e. The first-order valence-electron chi connectivity index (χ1n) is 7.02. The SMILES string of the molecule is C[C@@H](NCC(O)CN1CCOCC1)c1ccccc1. The Morgan fingerprint density at radius 1 is 1.26 bits per heavy atom. The van der Waals surface area contributed by atoms with Crippen LogP contribution >= 0.6 is 0 Å². The maximum absolute atomic E-state index is 10.1. The van der Waals surface area contributed by atoms with Crippen LogP contribution < -0.4 is 5.32 Å². The number of nitrogens with one attached hydrogen (secondary N) is 1. The van der Waals surface area contributed by atoms with Gasteiger partial charge < -0.3 is 15.2 Å². The molecule has 1 unspecified atom stereocenters. The van der Waals surface area contributed by atoms with E-state index < -0.39 is 0 Å². The predicted molar refractivity (Wildman–Crippen MR) is 76.1 cm³/mol. The van der Waals surface area contributed by atoms with Gasteiger partial charge in [0.25, 0.3) is 0 Å². The first kappa shape index (κ1) is 14.5. The fraction of sp³-hybridized carbons (Fsp3) is 0.600. The van der Waals surface area contributed by atoms with E-state index in [-0.39, 0.29) is 12.1 Å². The molecule has 106 valence electrons. The Morgan fingerprint density at radius 3 is 2.63 bits per heavy atom. The van der Waals surface area contributed by atoms with Crippen molar-refractivity contribution < 1.29 is 9.84 Å². The van der Waals surface area contributed by atoms with Crippen molar-refractivity contribution in [3.63, 3.8) is 0 Å². The second-order valence-electron chi connectivity index (χ2n) is 5.11. The minimum absolute atomic E-state index is 0.264. The number of nitrogens with zero attached hydrogens (tertiary/aromatic N) is 1. The van der Waals surface area contributed by atoms with Crippen LogP contribution in [0, 0.1) is 0 Å². The summed E-state index contributed by atoms with van der Waals surface area (Å²) in [5, 5.41) is 13.4. The molecule has 2 rings (SSSR count). The average Bonchev–Trinajstić information content (AvgIpc) is 2.47. The topological polar surface area (TPSA) is 44.7 Å². The smallest absolute Gasteiger partial charge is 0.0791 e. The second-order valence-corrected chi connectivity index (χ2v) is 5.11. The van der Waals surface area contributed by atoms with Crippen molar-refractivity contribution in [2.24, 2.45) is 0 Å². The van der Waals surface area contributed by atoms with Crippen LogP contribution in [0.4, 0.5) is 0 Å². The lowest BCUT2D eigenvalue weighted by atomic mass is 10.1. The molecule has 0 saturated carbocycles. The van der Waals surface area contributed by atoms with Crippen LogP contribution in [0.5, 0.6) is 0 Å². The number of benzene rings is 1. The maximum Gasteiger partial charge on any atom is 0.0791 e. The molecule has 0 aromatic heterocycles. The molecular formula is C15H24N2O2. The summed E-state index contributed by atoms with van der Waals surface area (Å²) < 4.78 is 5.30. The summed E-state index contributed by atoms with van der Waals surface area (Å²) in [5.41, 5.74) is 1.25. The Morgan fingerprint density at radius 2 is 1.95 bits per heavy atom. The Balaban J connectivity index is 1.69. The molecule has 1 heterocycles. The third kappa shape index (κ3) is 4.91. The van der Waals surface area contributed by atoms with Crippen molar-refractivity contribution in [2.45, 2.75) is 19.1 Å². The number of aliphatic hydroxyl groups excluding tert-OH is 1. The Hall–Kier alpha value is -0.940. The number of morpholine rings is 1. The van der Waals surface area contributed by atoms with Crippen LogP contribution in [0.3, 0.4) is 0 Å². The maximum atomic E-state index is 10.1. The lowest BCUT2D eigenvalue weighted by molar-refractivity contribution is 0.0145. The third-order valence-electron chi connectivity index (χ3n) is 3.53. The van der Waals surface area contributed by atoms with Crippen LogP contribution in [0.25, 0.3) is 0 Å². The lowest BCUT2D eigenvalue weighted by Crippen LogP contribution is -2.44. The molecule has 2 atom stereocenters. The van der Waals surface area contributed by atoms with Crippen LogP contribution in [-0.2, 0) is 4.74 Å². The highest BCUT2D eigenvalue weighted by Crippen LogP contribution is 2.10. The molecule has 1 fully saturated rings. The number of β-amino-alcohol motifs (C(OH)–C–C–N with tert-alkyl or cyclic N) is 1. The first-order valence-corrected chi connectivity index (χ1v) is 7.02. The molecule has 1 aliphatic rings. The van der Waals surface area contributed by atoms with Gasteiger partial charge in [-0.2, -0.15) is 0 Å². The number of hydrogen-bond acceptors (Lipinski definition) is 4. The van der Waals surface area contributed by atoms with Gasteiger partial charge in [-0.3, -0.25) is 4.90 Å². The van der Waals surface area contributed by atoms with Gasteiger partial charge in [0, 0.05) is 32.2 Å². The molecule has 0 radical (unpaired) electrons. The molecule has 1 aromatic rings. The van der Waals surface area contributed by atoms with Crippen molar-refractivity contribution >= 4 is 0 Å². The molecule has 4 nitrogen and oxygen atoms in total. The van der Waals surface area contributed by atoms with Gasteiger partial charge in [-0.25, -0.2) is 0 Å². The summed E-state index contributed by atoms with van der Waals surface area (Å²) in [6, 6.07) is 10.6. The number of rotatable bonds is 6. The van der Waals surface area contributed by atoms with Crippen molar-refractivity contribution in [1.29, 1.82) is 0 Å². The van der Waals surface area contributed by atoms with E-state index in [2.05, 4.69) is 29.3 Å². The highest BCUT2D eigenvalue weighted by Gasteiger charge is 2.15. The quantitative estimate of drug-likeness (QED) is 0.805. The average molecular weight is 264 g/mol. The van der Waals surface area contributed by atoms with Gasteiger partial charge in [0.15, 0.2) is 0 Å². The van der Waals surface area contributed by atoms with E-state index in [1.54, 1.807) is 0 Å². The fourth-order valence-electron chi connectivity index (χ4n) is 2.32. The fourth-order valence-corrected chi connectivity index (χ4v) is 2.32. The molecule has 1 aliphatic heterocycles. The van der Waals surface area contributed by atoms with Crippen LogP contribution in [-0.4, -0.2) is 55.5 Å². The highest BCUT2D eigenvalue weighted by atomic mass is 16.5. The molecule has 1 aromatic carbocycles. The van der Waals surface area contributed by atoms with E-state index in [1.807, 2.05) is 18.2 Å². The normalized spacial score (nSPS) is 20.1. The van der Waals surface area contributed by atoms with Gasteiger partial charge in [-0.1, -0.05) is 30.3 Å². The number of aliphatic hydroxyl groups is 1. The monoisotopic (exact) mass is 264 g/mol. The second kappa shape index (κ2) is 7.60. The number of ether oxygens (including phenoxy) is 1. The highest BCUT2D eigenvalue weighted by molar-refractivity contribution is 5.17. The molecule has 0 amide bonds. The zero-order chi connectivity index (χ0) is 13.5. The molecule has 0 bridgehead atoms. The van der Waals surface area contributed by atoms with Gasteiger partial charge >= 0.3 is 0 Å². The van der Waals surface area contributed by atoms with Crippen molar-refractivity contribution in [2.75, 3.05) is 39.4 Å². The minimum atomic E-state index is -0.329. The van der Waals surface area contributed by atoms with Gasteiger partial charge in [0.05, 0.1) is 19.3 Å². The predicted octanol–water partition coefficient (Wildman–Crippen LogP) is 1.03. The third-order valence-corrected chi connectivity index (χ3v) is 3.53. The molecule has 1 saturated heterocycles. The molecule has 0 aliphatic carbocycles. The van der Waals surface area contributed by atoms with E-state index in [1.165, 1.54) is 5.56 Å². The Kier molecular flexibility index (Phi) is 5.79. The van der Waals surface area contributed by atoms with Gasteiger partial charge in [-0.05, 0) is 12.5 Å². The number of hydrogen-bond donors (Lipinski definition) is 2. The Labute approximate surface area is 115 Å². The summed E-state index contributed by atoms with van der Waals surface area (Å²) in [6.07, 6.45) is -0.329. The summed E-state index contributed by atoms with van der Waals surface area (Å²) in [6.45, 7) is 6.86. The van der Waals surface area contributed by atoms with Gasteiger partial charge in [0.1, 0.15) is 0 Å². The lowest BCUT2D eigenvalue weighted by Gasteiger charge is -2.29. The summed E-state index contributed by atoms with van der Waals surface area (Å²) in [7, 11) is 0. The first-order chi connectivity index (χ1) is 9.25. The zero-order valence-electron chi connectivity index (χ0n) is 11.6. The van der Waals surface area contributed by atoms with Crippen LogP contribution in [0.2, 0.25) is 0 Å². The van der Waals surface area contributed by atoms with E-state index in [0.717, 1.165) is 32.8 Å². The van der Waals surface area contributed by atoms with E-state index in [0.29, 0.717) is 6.54 Å². The van der Waals surface area contributed by atoms with Crippen LogP contribution in [0.1, 0.15) is 18.5 Å². The van der Waals surface area contributed by atoms with E-state index in [4.69, 9.17) is 4.74 Å². The summed E-state index contributed by atoms with van der Waals surface area (Å²) in [5.74, 6) is 0. The summed E-state index contributed by atoms with van der Waals surface area (Å²) >= 11 is 0. The zero-order valence-corrected chi connectivity index (χ0v) is 11.6. The van der Waals surface area contributed by atoms with Crippen LogP contribution in [0.15, 0.2) is 30.3 Å². The van der Waals surface area contributed by atoms with E-state index >= 15 is 0 Å². The Bertz CT molecular complexity index is 352. The van der Waals surface area contributed by atoms with Gasteiger partial charge in [0.2, 0.25) is 0 Å². The largest absolute Gasteiger partial charge is 0.390 e. The van der Waals surface area contributed by atoms with Crippen molar-refractivity contribution in [3.8, 4) is 0 Å². The van der Waals surface area contributed by atoms with Gasteiger partial charge in [-0.15, -0.1) is 0 Å². The molecule has 4 heteroatoms. The molecule has 2 N–H and O–H groups in total. The summed E-state index contributed by atoms with van der Waals surface area (Å²) in [4.78, 5) is 2.25. The molecule has 0 spiro atoms. The van der Waals surface area contributed by atoms with E-state index in [9.17, 15) is 5.11 Å². The van der Waals surface area contributed by atoms with Crippen molar-refractivity contribution in [3.05, 3.63) is 35.9 Å². The van der Waals surface area contributed by atoms with Crippen molar-refractivity contribution in [1.82, 2.24) is 10.2 Å². The molecular weight excluding hydrogens is 240 g/mol. The standard InChI is InChI=1S/C15H24N2O2/c1-13(14-5-3-2-4-6-14)16-11-15(18)12-17-7-9-19-10-8-17/h2-6,13,15-16,18H,7-12H2,1H3/t13-,15?/m1/s1. The molecule has 19 heavy (non-hydrogen) atoms.